The van der Waals surface area contributed by atoms with Gasteiger partial charge in [0.25, 0.3) is 11.7 Å². The summed E-state index contributed by atoms with van der Waals surface area (Å²) in [6.07, 6.45) is 12.0. The Morgan fingerprint density at radius 2 is 1.56 bits per heavy atom. The number of carbonyl (C=O) groups excluding carboxylic acids is 5. The van der Waals surface area contributed by atoms with Crippen molar-refractivity contribution in [2.24, 2.45) is 47.3 Å². The first-order valence-corrected chi connectivity index (χ1v) is 24.8. The summed E-state index contributed by atoms with van der Waals surface area (Å²) in [7, 11) is 3.13. The van der Waals surface area contributed by atoms with Crippen LogP contribution in [0.2, 0.25) is 0 Å². The van der Waals surface area contributed by atoms with E-state index >= 15 is 0 Å². The zero-order valence-corrected chi connectivity index (χ0v) is 41.8. The fourth-order valence-corrected chi connectivity index (χ4v) is 10.7. The van der Waals surface area contributed by atoms with E-state index in [0.29, 0.717) is 61.5 Å². The van der Waals surface area contributed by atoms with E-state index in [-0.39, 0.29) is 61.2 Å². The third-order valence-corrected chi connectivity index (χ3v) is 15.2. The lowest BCUT2D eigenvalue weighted by atomic mass is 9.72. The second-order valence-electron chi connectivity index (χ2n) is 20.7. The van der Waals surface area contributed by atoms with Gasteiger partial charge in [-0.2, -0.15) is 0 Å². The molecule has 0 aromatic carbocycles. The Balaban J connectivity index is 1.69. The number of hydrogen-bond donors (Lipinski definition) is 3. The average Bonchev–Trinajstić information content (AvgIpc) is 3.28. The Kier molecular flexibility index (Phi) is 21.2. The molecule has 0 spiro atoms. The van der Waals surface area contributed by atoms with Crippen LogP contribution in [0, 0.1) is 47.3 Å². The molecule has 2 saturated heterocycles. The SMILES string of the molecule is CO[C@@H]1C[C@H](C[C@@H](C)[C@@H]2CC(=O)[C@H](C)/C=C(\C)[C@@H](O)[C@@H](OC)C(=O)[C@H](C)C[C@H](C)/C=C/C=C/C=C(\C)[C@@H](O)C[C@@H]3CC[C@@H](C)[C@@](O)(O3)C(=O)C(=O)N3CCCC[C@H]3C(=O)O2)CC[C@H]1C(C)C. The third kappa shape index (κ3) is 14.4. The minimum absolute atomic E-state index is 0.00471. The van der Waals surface area contributed by atoms with E-state index < -0.39 is 77.8 Å². The number of esters is 1. The van der Waals surface area contributed by atoms with Gasteiger partial charge in [0.1, 0.15) is 30.1 Å². The highest BCUT2D eigenvalue weighted by atomic mass is 16.6. The molecular weight excluding hydrogens is 843 g/mol. The lowest BCUT2D eigenvalue weighted by molar-refractivity contribution is -0.265. The van der Waals surface area contributed by atoms with Crippen LogP contribution < -0.4 is 0 Å². The van der Waals surface area contributed by atoms with Gasteiger partial charge >= 0.3 is 5.97 Å². The molecule has 372 valence electrons. The average molecular weight is 926 g/mol. The van der Waals surface area contributed by atoms with E-state index in [2.05, 4.69) is 13.8 Å². The summed E-state index contributed by atoms with van der Waals surface area (Å²) in [5, 5.41) is 34.5. The summed E-state index contributed by atoms with van der Waals surface area (Å²) in [5.74, 6) is -6.90. The minimum atomic E-state index is -2.47. The molecule has 4 aliphatic rings. The summed E-state index contributed by atoms with van der Waals surface area (Å²) in [6, 6.07) is -1.13. The van der Waals surface area contributed by atoms with E-state index in [1.54, 1.807) is 53.0 Å². The lowest BCUT2D eigenvalue weighted by Crippen LogP contribution is -2.61. The first-order valence-electron chi connectivity index (χ1n) is 24.8. The number of fused-ring (bicyclic) bond motifs is 3. The second kappa shape index (κ2) is 25.3. The van der Waals surface area contributed by atoms with Crippen LogP contribution >= 0.6 is 0 Å². The predicted octanol–water partition coefficient (Wildman–Crippen LogP) is 7.44. The van der Waals surface area contributed by atoms with Crippen molar-refractivity contribution in [3.05, 3.63) is 47.6 Å². The quantitative estimate of drug-likeness (QED) is 0.136. The maximum atomic E-state index is 14.4. The standard InChI is InChI=1S/C53H83NO12/c1-31(2)41-23-21-39(28-46(41)63-10)27-35(6)45-30-44(56)34(5)26-37(8)48(58)49(64-11)47(57)36(7)25-32(3)17-13-12-14-18-33(4)43(55)29-40-22-20-38(9)53(62,66-40)50(59)51(60)54-24-16-15-19-42(54)52(61)65-45/h12-14,17-18,26,31-32,34-36,38-43,45-46,48-49,55,58,62H,15-16,19-25,27-30H2,1-11H3/b14-12+,17-13+,33-18+,37-26+/t32-,34-,35-,36-,38-,39+,40+,41+,42+,43+,45+,46-,48-,49+,53-/m1/s1. The molecule has 0 aromatic heterocycles. The van der Waals surface area contributed by atoms with E-state index in [1.165, 1.54) is 12.0 Å². The fraction of sp³-hybridized carbons (Fsp3) is 0.755. The van der Waals surface area contributed by atoms with Crippen LogP contribution in [0.3, 0.4) is 0 Å². The number of hydrogen-bond acceptors (Lipinski definition) is 12. The Bertz CT molecular complexity index is 1790. The van der Waals surface area contributed by atoms with Crippen molar-refractivity contribution in [2.75, 3.05) is 20.8 Å². The Morgan fingerprint density at radius 1 is 0.848 bits per heavy atom. The smallest absolute Gasteiger partial charge is 0.329 e. The van der Waals surface area contributed by atoms with Gasteiger partial charge in [0.15, 0.2) is 5.78 Å². The maximum Gasteiger partial charge on any atom is 0.329 e. The fourth-order valence-electron chi connectivity index (χ4n) is 10.7. The van der Waals surface area contributed by atoms with E-state index in [0.717, 1.165) is 19.3 Å². The molecule has 13 nitrogen and oxygen atoms in total. The molecule has 0 aromatic rings. The molecule has 1 saturated carbocycles. The number of allylic oxidation sites excluding steroid dienone is 6. The number of cyclic esters (lactones) is 1. The van der Waals surface area contributed by atoms with Crippen LogP contribution in [0.5, 0.6) is 0 Å². The van der Waals surface area contributed by atoms with Crippen LogP contribution in [0.15, 0.2) is 47.6 Å². The molecular formula is C53H83NO12. The molecule has 3 N–H and O–H groups in total. The Hall–Kier alpha value is -3.33. The van der Waals surface area contributed by atoms with Gasteiger partial charge in [0.05, 0.1) is 18.3 Å². The van der Waals surface area contributed by atoms with Crippen LogP contribution in [0.25, 0.3) is 0 Å². The number of amides is 1. The summed E-state index contributed by atoms with van der Waals surface area (Å²) in [6.45, 7) is 17.1. The Morgan fingerprint density at radius 3 is 2.23 bits per heavy atom. The molecule has 1 aliphatic carbocycles. The van der Waals surface area contributed by atoms with Gasteiger partial charge in [-0.05, 0) is 119 Å². The molecule has 0 radical (unpaired) electrons. The number of ether oxygens (including phenoxy) is 4. The number of aliphatic hydroxyl groups is 3. The summed E-state index contributed by atoms with van der Waals surface area (Å²) in [4.78, 5) is 71.9. The molecule has 2 bridgehead atoms. The molecule has 1 amide bonds. The highest BCUT2D eigenvalue weighted by molar-refractivity contribution is 6.39. The topological polar surface area (TPSA) is 186 Å². The largest absolute Gasteiger partial charge is 0.460 e. The van der Waals surface area contributed by atoms with Crippen molar-refractivity contribution in [2.45, 2.75) is 188 Å². The molecule has 66 heavy (non-hydrogen) atoms. The zero-order valence-electron chi connectivity index (χ0n) is 41.8. The first-order chi connectivity index (χ1) is 31.1. The number of aliphatic hydroxyl groups excluding tert-OH is 2. The number of nitrogens with zero attached hydrogens (tertiary/aromatic N) is 1. The van der Waals surface area contributed by atoms with Crippen LogP contribution in [-0.2, 0) is 42.9 Å². The second-order valence-corrected chi connectivity index (χ2v) is 20.7. The van der Waals surface area contributed by atoms with Crippen molar-refractivity contribution < 1.29 is 58.2 Å². The van der Waals surface area contributed by atoms with Gasteiger partial charge in [-0.1, -0.05) is 84.9 Å². The highest BCUT2D eigenvalue weighted by Crippen LogP contribution is 2.40. The van der Waals surface area contributed by atoms with Crippen LogP contribution in [0.1, 0.15) is 139 Å². The van der Waals surface area contributed by atoms with Crippen molar-refractivity contribution in [1.82, 2.24) is 4.90 Å². The molecule has 4 rings (SSSR count). The number of methoxy groups -OCH3 is 2. The molecule has 15 atom stereocenters. The van der Waals surface area contributed by atoms with E-state index in [1.807, 2.05) is 39.0 Å². The molecule has 3 aliphatic heterocycles. The molecule has 13 heteroatoms. The van der Waals surface area contributed by atoms with E-state index in [9.17, 15) is 39.3 Å². The third-order valence-electron chi connectivity index (χ3n) is 15.2. The predicted molar refractivity (Wildman–Crippen MR) is 253 cm³/mol. The number of piperidine rings is 1. The van der Waals surface area contributed by atoms with Crippen molar-refractivity contribution in [1.29, 1.82) is 0 Å². The Labute approximate surface area is 394 Å². The molecule has 3 heterocycles. The van der Waals surface area contributed by atoms with Gasteiger partial charge in [0.2, 0.25) is 5.79 Å². The summed E-state index contributed by atoms with van der Waals surface area (Å²) in [5.41, 5.74) is 1.03. The summed E-state index contributed by atoms with van der Waals surface area (Å²) < 4.78 is 23.9. The minimum Gasteiger partial charge on any atom is -0.460 e. The van der Waals surface area contributed by atoms with Crippen molar-refractivity contribution in [3.8, 4) is 0 Å². The number of carbonyl (C=O) groups is 5. The van der Waals surface area contributed by atoms with Gasteiger partial charge in [-0.3, -0.25) is 19.2 Å². The summed E-state index contributed by atoms with van der Waals surface area (Å²) >= 11 is 0. The monoisotopic (exact) mass is 926 g/mol. The highest BCUT2D eigenvalue weighted by Gasteiger charge is 2.53. The molecule has 0 unspecified atom stereocenters. The van der Waals surface area contributed by atoms with Crippen LogP contribution in [0.4, 0.5) is 0 Å². The van der Waals surface area contributed by atoms with Gasteiger partial charge in [0, 0.05) is 51.4 Å². The molecule has 3 fully saturated rings. The zero-order chi connectivity index (χ0) is 49.0. The van der Waals surface area contributed by atoms with Crippen molar-refractivity contribution >= 4 is 29.2 Å². The van der Waals surface area contributed by atoms with Gasteiger partial charge < -0.3 is 39.2 Å². The lowest BCUT2D eigenvalue weighted by Gasteiger charge is -2.42. The normalized spacial score (nSPS) is 40.1. The number of ketones is 3. The van der Waals surface area contributed by atoms with Gasteiger partial charge in [-0.15, -0.1) is 0 Å². The van der Waals surface area contributed by atoms with E-state index in [4.69, 9.17) is 18.9 Å². The maximum absolute atomic E-state index is 14.4. The van der Waals surface area contributed by atoms with Gasteiger partial charge in [-0.25, -0.2) is 4.79 Å². The first kappa shape index (κ1) is 55.3. The number of Topliss-reactive ketones (excluding diaryl/α,β-unsaturated/α-hetero) is 3. The van der Waals surface area contributed by atoms with Crippen molar-refractivity contribution in [3.63, 3.8) is 0 Å². The number of rotatable bonds is 6. The van der Waals surface area contributed by atoms with Crippen LogP contribution in [-0.4, -0.2) is 119 Å².